The molecule has 1 N–H and O–H groups in total. The molecule has 0 aliphatic rings. The first-order chi connectivity index (χ1) is 11.0. The van der Waals surface area contributed by atoms with E-state index < -0.39 is 11.7 Å². The van der Waals surface area contributed by atoms with Crippen molar-refractivity contribution in [1.82, 2.24) is 4.73 Å². The van der Waals surface area contributed by atoms with Crippen LogP contribution in [-0.4, -0.2) is 22.9 Å². The van der Waals surface area contributed by atoms with Gasteiger partial charge in [-0.1, -0.05) is 12.1 Å². The van der Waals surface area contributed by atoms with Crippen LogP contribution in [0.25, 0.3) is 22.3 Å². The molecule has 23 heavy (non-hydrogen) atoms. The second-order valence-electron chi connectivity index (χ2n) is 4.81. The van der Waals surface area contributed by atoms with Crippen molar-refractivity contribution in [3.05, 3.63) is 64.3 Å². The summed E-state index contributed by atoms with van der Waals surface area (Å²) >= 11 is 0. The van der Waals surface area contributed by atoms with E-state index in [0.29, 0.717) is 15.7 Å². The Hall–Kier alpha value is -3.35. The fraction of sp³-hybridized carbons (Fsp3) is 0.0625. The molecule has 2 aromatic carbocycles. The number of fused-ring (bicyclic) bond motifs is 1. The number of aromatic nitrogens is 2. The fourth-order valence-electron chi connectivity index (χ4n) is 2.43. The number of benzene rings is 2. The third kappa shape index (κ3) is 2.28. The Morgan fingerprint density at radius 3 is 2.43 bits per heavy atom. The minimum atomic E-state index is -1.47. The van der Waals surface area contributed by atoms with Gasteiger partial charge in [-0.15, -0.1) is 0 Å². The van der Waals surface area contributed by atoms with Crippen molar-refractivity contribution < 1.29 is 19.1 Å². The summed E-state index contributed by atoms with van der Waals surface area (Å²) in [5.41, 5.74) is -0.429. The van der Waals surface area contributed by atoms with Crippen molar-refractivity contribution >= 4 is 17.0 Å². The monoisotopic (exact) mass is 312 g/mol. The lowest BCUT2D eigenvalue weighted by Crippen LogP contribution is -2.27. The largest absolute Gasteiger partial charge is 0.805 e. The molecular weight excluding hydrogens is 300 g/mol. The summed E-state index contributed by atoms with van der Waals surface area (Å²) in [6, 6.07) is 12.3. The number of carboxylic acid groups (broad SMARTS) is 1. The van der Waals surface area contributed by atoms with Gasteiger partial charge in [0.15, 0.2) is 0 Å². The third-order valence-electron chi connectivity index (χ3n) is 3.52. The van der Waals surface area contributed by atoms with Gasteiger partial charge < -0.3 is 19.8 Å². The molecule has 0 atom stereocenters. The van der Waals surface area contributed by atoms with Crippen LogP contribution in [0.15, 0.2) is 48.5 Å². The van der Waals surface area contributed by atoms with E-state index in [1.807, 2.05) is 0 Å². The van der Waals surface area contributed by atoms with E-state index in [2.05, 4.69) is 0 Å². The molecule has 0 unspecified atom stereocenters. The molecule has 3 rings (SSSR count). The second kappa shape index (κ2) is 5.45. The third-order valence-corrected chi connectivity index (χ3v) is 3.52. The number of carbonyl (C=O) groups is 1. The van der Waals surface area contributed by atoms with Gasteiger partial charge in [0.2, 0.25) is 5.69 Å². The van der Waals surface area contributed by atoms with Gasteiger partial charge in [-0.2, -0.15) is 0 Å². The highest BCUT2D eigenvalue weighted by atomic mass is 16.5. The average Bonchev–Trinajstić information content (AvgIpc) is 2.57. The van der Waals surface area contributed by atoms with Gasteiger partial charge in [-0.25, -0.2) is 4.79 Å². The number of hydrogen-bond donors (Lipinski definition) is 1. The lowest BCUT2D eigenvalue weighted by molar-refractivity contribution is -0.452. The standard InChI is InChI=1S/C16H12N2O5/c1-23-11-8-6-10(7-9-11)14-15(16(19)20)18(22)13-5-3-2-4-12(13)17(14)21/h2-9H,1H3,(H,19,20). The number of ether oxygens (including phenoxy) is 1. The molecule has 7 nitrogen and oxygen atoms in total. The van der Waals surface area contributed by atoms with Crippen LogP contribution >= 0.6 is 0 Å². The van der Waals surface area contributed by atoms with Gasteiger partial charge in [-0.3, -0.25) is 0 Å². The quantitative estimate of drug-likeness (QED) is 0.748. The highest BCUT2D eigenvalue weighted by Gasteiger charge is 2.28. The molecule has 0 saturated carbocycles. The Morgan fingerprint density at radius 2 is 1.83 bits per heavy atom. The van der Waals surface area contributed by atoms with Crippen molar-refractivity contribution in [2.75, 3.05) is 7.11 Å². The fourth-order valence-corrected chi connectivity index (χ4v) is 2.43. The van der Waals surface area contributed by atoms with Crippen LogP contribution in [0.3, 0.4) is 0 Å². The molecule has 0 bridgehead atoms. The Morgan fingerprint density at radius 1 is 1.17 bits per heavy atom. The minimum Gasteiger partial charge on any atom is -0.805 e. The predicted molar refractivity (Wildman–Crippen MR) is 83.0 cm³/mol. The van der Waals surface area contributed by atoms with Crippen LogP contribution in [0.4, 0.5) is 0 Å². The molecule has 0 saturated heterocycles. The Kier molecular flexibility index (Phi) is 3.46. The second-order valence-corrected chi connectivity index (χ2v) is 4.81. The zero-order chi connectivity index (χ0) is 16.6. The lowest BCUT2D eigenvalue weighted by Gasteiger charge is -2.16. The maximum Gasteiger partial charge on any atom is 0.359 e. The van der Waals surface area contributed by atoms with E-state index in [9.17, 15) is 20.0 Å². The van der Waals surface area contributed by atoms with Crippen molar-refractivity contribution in [3.63, 3.8) is 0 Å². The number of aromatic carboxylic acids is 1. The van der Waals surface area contributed by atoms with Crippen LogP contribution < -0.4 is 9.16 Å². The van der Waals surface area contributed by atoms with Gasteiger partial charge >= 0.3 is 11.7 Å². The van der Waals surface area contributed by atoms with Crippen molar-refractivity contribution in [1.29, 1.82) is 0 Å². The number of rotatable bonds is 3. The van der Waals surface area contributed by atoms with E-state index >= 15 is 0 Å². The van der Waals surface area contributed by atoms with E-state index in [4.69, 9.17) is 4.74 Å². The van der Waals surface area contributed by atoms with Crippen LogP contribution in [-0.2, 0) is 0 Å². The highest BCUT2D eigenvalue weighted by molar-refractivity contribution is 5.94. The van der Waals surface area contributed by atoms with E-state index in [1.165, 1.54) is 31.4 Å². The summed E-state index contributed by atoms with van der Waals surface area (Å²) in [5.74, 6) is -0.917. The molecule has 1 aromatic heterocycles. The normalized spacial score (nSPS) is 10.7. The van der Waals surface area contributed by atoms with Crippen LogP contribution in [0.5, 0.6) is 5.75 Å². The Bertz CT molecular complexity index is 961. The summed E-state index contributed by atoms with van der Waals surface area (Å²) < 4.78 is 5.78. The average molecular weight is 312 g/mol. The highest BCUT2D eigenvalue weighted by Crippen LogP contribution is 2.25. The minimum absolute atomic E-state index is 0.00263. The summed E-state index contributed by atoms with van der Waals surface area (Å²) in [6.45, 7) is 0. The Labute approximate surface area is 130 Å². The summed E-state index contributed by atoms with van der Waals surface area (Å²) in [4.78, 5) is 24.2. The van der Waals surface area contributed by atoms with Crippen molar-refractivity contribution in [2.45, 2.75) is 0 Å². The molecule has 0 aliphatic carbocycles. The first-order valence-corrected chi connectivity index (χ1v) is 6.70. The van der Waals surface area contributed by atoms with E-state index in [0.717, 1.165) is 0 Å². The molecule has 116 valence electrons. The molecule has 0 amide bonds. The zero-order valence-corrected chi connectivity index (χ0v) is 12.1. The number of carboxylic acids is 1. The smallest absolute Gasteiger partial charge is 0.359 e. The van der Waals surface area contributed by atoms with Crippen molar-refractivity contribution in [3.8, 4) is 17.0 Å². The molecule has 3 aromatic rings. The summed E-state index contributed by atoms with van der Waals surface area (Å²) in [5, 5.41) is 21.8. The SMILES string of the molecule is COc1ccc(-c2c(C(=O)O)n([O-])c3ccccc3[n+]2=O)cc1. The van der Waals surface area contributed by atoms with E-state index in [-0.39, 0.29) is 21.5 Å². The maximum atomic E-state index is 12.6. The van der Waals surface area contributed by atoms with Gasteiger partial charge in [0.05, 0.1) is 17.1 Å². The van der Waals surface area contributed by atoms with Crippen LogP contribution in [0.2, 0.25) is 0 Å². The summed E-state index contributed by atoms with van der Waals surface area (Å²) in [7, 11) is 1.49. The van der Waals surface area contributed by atoms with Crippen LogP contribution in [0, 0.1) is 10.1 Å². The molecule has 7 heteroatoms. The van der Waals surface area contributed by atoms with Gasteiger partial charge in [-0.05, 0) is 30.3 Å². The molecular formula is C16H12N2O5. The lowest BCUT2D eigenvalue weighted by atomic mass is 10.1. The Balaban J connectivity index is 2.42. The predicted octanol–water partition coefficient (Wildman–Crippen LogP) is 2.28. The van der Waals surface area contributed by atoms with Gasteiger partial charge in [0.25, 0.3) is 5.52 Å². The van der Waals surface area contributed by atoms with Crippen molar-refractivity contribution in [2.24, 2.45) is 0 Å². The number of hydrogen-bond acceptors (Lipinski definition) is 4. The first kappa shape index (κ1) is 14.6. The van der Waals surface area contributed by atoms with Gasteiger partial charge in [0.1, 0.15) is 11.3 Å². The molecule has 0 aliphatic heterocycles. The molecule has 0 fully saturated rings. The number of nitrogens with zero attached hydrogens (tertiary/aromatic N) is 2. The maximum absolute atomic E-state index is 12.6. The molecule has 0 radical (unpaired) electrons. The van der Waals surface area contributed by atoms with E-state index in [1.54, 1.807) is 24.3 Å². The summed E-state index contributed by atoms with van der Waals surface area (Å²) in [6.07, 6.45) is 0. The molecule has 0 spiro atoms. The first-order valence-electron chi connectivity index (χ1n) is 6.70. The zero-order valence-electron chi connectivity index (χ0n) is 12.1. The van der Waals surface area contributed by atoms with Crippen LogP contribution in [0.1, 0.15) is 10.5 Å². The van der Waals surface area contributed by atoms with Gasteiger partial charge in [0, 0.05) is 11.0 Å². The number of para-hydroxylation sites is 2. The topological polar surface area (TPSA) is 97.5 Å². The molecule has 1 heterocycles. The number of methoxy groups -OCH3 is 1.